The molecule has 92 valence electrons. The van der Waals surface area contributed by atoms with Crippen LogP contribution in [-0.2, 0) is 4.79 Å². The van der Waals surface area contributed by atoms with Gasteiger partial charge >= 0.3 is 5.97 Å². The predicted molar refractivity (Wildman–Crippen MR) is 62.7 cm³/mol. The maximum Gasteiger partial charge on any atom is 0.337 e. The molecule has 0 bridgehead atoms. The lowest BCUT2D eigenvalue weighted by atomic mass is 10.2. The van der Waals surface area contributed by atoms with E-state index in [1.165, 1.54) is 18.5 Å². The van der Waals surface area contributed by atoms with Gasteiger partial charge in [-0.3, -0.25) is 9.78 Å². The fraction of sp³-hybridized carbons (Fsp3) is 0.364. The number of primary amides is 1. The van der Waals surface area contributed by atoms with Crippen molar-refractivity contribution >= 4 is 17.6 Å². The Morgan fingerprint density at radius 2 is 2.18 bits per heavy atom. The first-order valence-corrected chi connectivity index (χ1v) is 5.30. The van der Waals surface area contributed by atoms with Crippen LogP contribution in [0.2, 0.25) is 0 Å². The van der Waals surface area contributed by atoms with Gasteiger partial charge in [0.15, 0.2) is 0 Å². The Labute approximate surface area is 98.8 Å². The molecule has 0 atom stereocenters. The minimum Gasteiger partial charge on any atom is -0.478 e. The molecule has 1 heterocycles. The first-order chi connectivity index (χ1) is 8.11. The monoisotopic (exact) mass is 237 g/mol. The van der Waals surface area contributed by atoms with Crippen molar-refractivity contribution in [2.45, 2.75) is 19.3 Å². The first-order valence-electron chi connectivity index (χ1n) is 5.30. The highest BCUT2D eigenvalue weighted by atomic mass is 16.4. The van der Waals surface area contributed by atoms with Crippen LogP contribution in [0.3, 0.4) is 0 Å². The van der Waals surface area contributed by atoms with Gasteiger partial charge < -0.3 is 16.2 Å². The number of hydrogen-bond donors (Lipinski definition) is 3. The lowest BCUT2D eigenvalue weighted by Crippen LogP contribution is -2.11. The van der Waals surface area contributed by atoms with E-state index in [-0.39, 0.29) is 11.5 Å². The quantitative estimate of drug-likeness (QED) is 0.609. The van der Waals surface area contributed by atoms with Gasteiger partial charge in [-0.15, -0.1) is 0 Å². The van der Waals surface area contributed by atoms with Crippen LogP contribution in [0.25, 0.3) is 0 Å². The zero-order chi connectivity index (χ0) is 12.7. The minimum absolute atomic E-state index is 0.190. The van der Waals surface area contributed by atoms with E-state index in [1.54, 1.807) is 0 Å². The molecule has 0 saturated carbocycles. The Kier molecular flexibility index (Phi) is 4.93. The third-order valence-electron chi connectivity index (χ3n) is 2.22. The largest absolute Gasteiger partial charge is 0.478 e. The van der Waals surface area contributed by atoms with E-state index < -0.39 is 5.97 Å². The number of anilines is 1. The molecule has 6 heteroatoms. The van der Waals surface area contributed by atoms with Gasteiger partial charge in [-0.05, 0) is 18.9 Å². The highest BCUT2D eigenvalue weighted by Gasteiger charge is 2.08. The van der Waals surface area contributed by atoms with Crippen molar-refractivity contribution in [2.24, 2.45) is 5.73 Å². The molecule has 0 unspecified atom stereocenters. The van der Waals surface area contributed by atoms with E-state index in [0.717, 1.165) is 6.42 Å². The Balaban J connectivity index is 2.41. The number of carbonyl (C=O) groups is 2. The van der Waals surface area contributed by atoms with Crippen molar-refractivity contribution < 1.29 is 14.7 Å². The summed E-state index contributed by atoms with van der Waals surface area (Å²) in [5, 5.41) is 11.9. The average molecular weight is 237 g/mol. The topological polar surface area (TPSA) is 105 Å². The van der Waals surface area contributed by atoms with Crippen LogP contribution in [0, 0.1) is 0 Å². The number of carbonyl (C=O) groups excluding carboxylic acids is 1. The second-order valence-corrected chi connectivity index (χ2v) is 3.58. The predicted octanol–water partition coefficient (Wildman–Crippen LogP) is 0.847. The van der Waals surface area contributed by atoms with Gasteiger partial charge in [0.2, 0.25) is 5.91 Å². The molecule has 0 spiro atoms. The second-order valence-electron chi connectivity index (χ2n) is 3.58. The maximum absolute atomic E-state index is 10.9. The Hall–Kier alpha value is -2.11. The molecule has 1 rings (SSSR count). The highest BCUT2D eigenvalue weighted by Crippen LogP contribution is 2.13. The van der Waals surface area contributed by atoms with E-state index >= 15 is 0 Å². The molecule has 6 nitrogen and oxygen atoms in total. The highest BCUT2D eigenvalue weighted by molar-refractivity contribution is 5.93. The molecule has 17 heavy (non-hydrogen) atoms. The van der Waals surface area contributed by atoms with Crippen molar-refractivity contribution in [1.29, 1.82) is 0 Å². The van der Waals surface area contributed by atoms with Crippen molar-refractivity contribution in [3.8, 4) is 0 Å². The number of carboxylic acids is 1. The number of carboxylic acid groups (broad SMARTS) is 1. The van der Waals surface area contributed by atoms with Gasteiger partial charge in [-0.25, -0.2) is 4.79 Å². The molecule has 0 fully saturated rings. The fourth-order valence-corrected chi connectivity index (χ4v) is 1.37. The first kappa shape index (κ1) is 13.0. The summed E-state index contributed by atoms with van der Waals surface area (Å²) < 4.78 is 0. The molecule has 0 aliphatic heterocycles. The molecule has 0 aromatic carbocycles. The molecule has 1 aromatic rings. The van der Waals surface area contributed by atoms with E-state index in [4.69, 9.17) is 10.8 Å². The number of nitrogens with zero attached hydrogens (tertiary/aromatic N) is 1. The summed E-state index contributed by atoms with van der Waals surface area (Å²) in [6, 6.07) is 1.44. The number of aromatic nitrogens is 1. The van der Waals surface area contributed by atoms with Crippen molar-refractivity contribution in [3.63, 3.8) is 0 Å². The number of rotatable bonds is 7. The van der Waals surface area contributed by atoms with Crippen LogP contribution in [-0.4, -0.2) is 28.5 Å². The van der Waals surface area contributed by atoms with E-state index in [9.17, 15) is 9.59 Å². The average Bonchev–Trinajstić information content (AvgIpc) is 2.28. The van der Waals surface area contributed by atoms with Crippen LogP contribution < -0.4 is 11.1 Å². The standard InChI is InChI=1S/C11H15N3O3/c12-10(15)3-1-2-5-14-9-7-13-6-4-8(9)11(16)17/h4,6-7,14H,1-3,5H2,(H2,12,15)(H,16,17). The second kappa shape index (κ2) is 6.47. The Bertz CT molecular complexity index is 407. The van der Waals surface area contributed by atoms with Crippen LogP contribution in [0.15, 0.2) is 18.5 Å². The smallest absolute Gasteiger partial charge is 0.337 e. The van der Waals surface area contributed by atoms with E-state index in [1.807, 2.05) is 0 Å². The SMILES string of the molecule is NC(=O)CCCCNc1cnccc1C(=O)O. The summed E-state index contributed by atoms with van der Waals surface area (Å²) in [6.45, 7) is 0.583. The Morgan fingerprint density at radius 3 is 2.82 bits per heavy atom. The minimum atomic E-state index is -0.993. The lowest BCUT2D eigenvalue weighted by Gasteiger charge is -2.08. The summed E-state index contributed by atoms with van der Waals surface area (Å²) in [5.74, 6) is -1.32. The molecule has 0 radical (unpaired) electrons. The number of pyridine rings is 1. The number of amides is 1. The van der Waals surface area contributed by atoms with Crippen LogP contribution in [0.5, 0.6) is 0 Å². The number of unbranched alkanes of at least 4 members (excludes halogenated alkanes) is 1. The van der Waals surface area contributed by atoms with Crippen molar-refractivity contribution in [1.82, 2.24) is 4.98 Å². The maximum atomic E-state index is 10.9. The van der Waals surface area contributed by atoms with Gasteiger partial charge in [0.1, 0.15) is 0 Å². The van der Waals surface area contributed by atoms with Gasteiger partial charge in [-0.2, -0.15) is 0 Å². The van der Waals surface area contributed by atoms with Crippen LogP contribution in [0.1, 0.15) is 29.6 Å². The lowest BCUT2D eigenvalue weighted by molar-refractivity contribution is -0.118. The van der Waals surface area contributed by atoms with Crippen LogP contribution in [0.4, 0.5) is 5.69 Å². The van der Waals surface area contributed by atoms with Gasteiger partial charge in [0, 0.05) is 19.2 Å². The summed E-state index contributed by atoms with van der Waals surface area (Å²) >= 11 is 0. The third-order valence-corrected chi connectivity index (χ3v) is 2.22. The van der Waals surface area contributed by atoms with Crippen molar-refractivity contribution in [2.75, 3.05) is 11.9 Å². The Morgan fingerprint density at radius 1 is 1.41 bits per heavy atom. The van der Waals surface area contributed by atoms with Gasteiger partial charge in [0.05, 0.1) is 17.4 Å². The molecular formula is C11H15N3O3. The summed E-state index contributed by atoms with van der Waals surface area (Å²) in [7, 11) is 0. The van der Waals surface area contributed by atoms with E-state index in [2.05, 4.69) is 10.3 Å². The molecule has 4 N–H and O–H groups in total. The number of aromatic carboxylic acids is 1. The van der Waals surface area contributed by atoms with Gasteiger partial charge in [0.25, 0.3) is 0 Å². The summed E-state index contributed by atoms with van der Waals surface area (Å²) in [4.78, 5) is 25.2. The normalized spacial score (nSPS) is 9.88. The third kappa shape index (κ3) is 4.50. The molecule has 0 aliphatic carbocycles. The number of nitrogens with one attached hydrogen (secondary N) is 1. The van der Waals surface area contributed by atoms with Gasteiger partial charge in [-0.1, -0.05) is 0 Å². The molecule has 0 saturated heterocycles. The zero-order valence-electron chi connectivity index (χ0n) is 9.35. The summed E-state index contributed by atoms with van der Waals surface area (Å²) in [5.41, 5.74) is 5.68. The fourth-order valence-electron chi connectivity index (χ4n) is 1.37. The number of hydrogen-bond acceptors (Lipinski definition) is 4. The molecule has 1 aromatic heterocycles. The molecule has 1 amide bonds. The molecule has 0 aliphatic rings. The van der Waals surface area contributed by atoms with Crippen molar-refractivity contribution in [3.05, 3.63) is 24.0 Å². The number of nitrogens with two attached hydrogens (primary N) is 1. The molecular weight excluding hydrogens is 222 g/mol. The van der Waals surface area contributed by atoms with E-state index in [0.29, 0.717) is 25.1 Å². The summed E-state index contributed by atoms with van der Waals surface area (Å²) in [6.07, 6.45) is 4.68. The zero-order valence-corrected chi connectivity index (χ0v) is 9.35. The van der Waals surface area contributed by atoms with Crippen LogP contribution >= 0.6 is 0 Å².